The SMILES string of the molecule is COc1cc(CCCN2CCN(Cc3ccnc(-c4cc(OC)c(OC)c(OC)c4)c3)C3(OC(=O)C=CC(=O)O3)C23OC(=O)C=CC(=O)O3)cc(OC)c1OC. The van der Waals surface area contributed by atoms with E-state index in [-0.39, 0.29) is 26.2 Å². The van der Waals surface area contributed by atoms with Crippen molar-refractivity contribution in [1.29, 1.82) is 0 Å². The normalized spacial score (nSPS) is 17.6. The Hall–Kier alpha value is -6.33. The highest BCUT2D eigenvalue weighted by molar-refractivity contribution is 5.95. The van der Waals surface area contributed by atoms with Gasteiger partial charge in [0.15, 0.2) is 23.0 Å². The van der Waals surface area contributed by atoms with E-state index in [1.54, 1.807) is 42.6 Å². The van der Waals surface area contributed by atoms with Gasteiger partial charge in [-0.05, 0) is 60.4 Å². The number of fused-ring (bicyclic) bond motifs is 1. The summed E-state index contributed by atoms with van der Waals surface area (Å²) in [4.78, 5) is 60.7. The van der Waals surface area contributed by atoms with Crippen molar-refractivity contribution >= 4 is 23.9 Å². The maximum absolute atomic E-state index is 13.3. The molecule has 3 aliphatic rings. The highest BCUT2D eigenvalue weighted by Crippen LogP contribution is 2.46. The molecule has 17 nitrogen and oxygen atoms in total. The Labute approximate surface area is 322 Å². The summed E-state index contributed by atoms with van der Waals surface area (Å²) in [6, 6.07) is 10.5. The van der Waals surface area contributed by atoms with Crippen molar-refractivity contribution in [3.63, 3.8) is 0 Å². The number of aryl methyl sites for hydroxylation is 1. The first-order valence-electron chi connectivity index (χ1n) is 17.4. The van der Waals surface area contributed by atoms with Crippen LogP contribution >= 0.6 is 0 Å². The molecule has 2 spiro atoms. The molecule has 56 heavy (non-hydrogen) atoms. The van der Waals surface area contributed by atoms with E-state index in [1.165, 1.54) is 52.5 Å². The molecule has 0 N–H and O–H groups in total. The second kappa shape index (κ2) is 16.6. The van der Waals surface area contributed by atoms with Crippen molar-refractivity contribution in [2.45, 2.75) is 31.2 Å². The first kappa shape index (κ1) is 39.4. The Bertz CT molecular complexity index is 1970. The lowest BCUT2D eigenvalue weighted by molar-refractivity contribution is -0.464. The molecule has 0 radical (unpaired) electrons. The molecule has 1 aromatic heterocycles. The van der Waals surface area contributed by atoms with Gasteiger partial charge in [0.1, 0.15) is 0 Å². The lowest BCUT2D eigenvalue weighted by atomic mass is 10.0. The summed E-state index contributed by atoms with van der Waals surface area (Å²) < 4.78 is 56.8. The largest absolute Gasteiger partial charge is 0.493 e. The zero-order valence-electron chi connectivity index (χ0n) is 31.7. The number of aromatic nitrogens is 1. The molecule has 17 heteroatoms. The van der Waals surface area contributed by atoms with Gasteiger partial charge in [-0.3, -0.25) is 4.98 Å². The van der Waals surface area contributed by atoms with Crippen molar-refractivity contribution in [2.75, 3.05) is 62.3 Å². The molecular formula is C39H41N3O14. The molecule has 1 fully saturated rings. The fourth-order valence-corrected chi connectivity index (χ4v) is 6.82. The van der Waals surface area contributed by atoms with Crippen LogP contribution < -0.4 is 28.4 Å². The number of benzene rings is 2. The van der Waals surface area contributed by atoms with Gasteiger partial charge in [-0.2, -0.15) is 0 Å². The predicted molar refractivity (Wildman–Crippen MR) is 194 cm³/mol. The molecule has 3 aromatic rings. The number of piperazine rings is 1. The van der Waals surface area contributed by atoms with Crippen LogP contribution in [0.5, 0.6) is 34.5 Å². The van der Waals surface area contributed by atoms with Gasteiger partial charge in [-0.1, -0.05) is 0 Å². The smallest absolute Gasteiger partial charge is 0.420 e. The van der Waals surface area contributed by atoms with E-state index in [0.29, 0.717) is 64.2 Å². The Balaban J connectivity index is 1.39. The molecule has 296 valence electrons. The van der Waals surface area contributed by atoms with Crippen LogP contribution in [0.2, 0.25) is 0 Å². The zero-order valence-corrected chi connectivity index (χ0v) is 31.7. The van der Waals surface area contributed by atoms with Crippen molar-refractivity contribution in [3.8, 4) is 45.8 Å². The van der Waals surface area contributed by atoms with E-state index in [4.69, 9.17) is 47.4 Å². The fourth-order valence-electron chi connectivity index (χ4n) is 6.82. The first-order chi connectivity index (χ1) is 27.0. The molecule has 4 heterocycles. The quantitative estimate of drug-likeness (QED) is 0.231. The average Bonchev–Trinajstić information content (AvgIpc) is 3.46. The van der Waals surface area contributed by atoms with Gasteiger partial charge in [0.25, 0.3) is 0 Å². The lowest BCUT2D eigenvalue weighted by Gasteiger charge is -2.55. The van der Waals surface area contributed by atoms with Crippen LogP contribution in [0.15, 0.2) is 66.9 Å². The number of rotatable bonds is 13. The molecule has 0 amide bonds. The molecule has 3 aliphatic heterocycles. The number of esters is 4. The summed E-state index contributed by atoms with van der Waals surface area (Å²) in [6.45, 7) is 0.168. The Morgan fingerprint density at radius 2 is 1.04 bits per heavy atom. The molecular weight excluding hydrogens is 734 g/mol. The number of hydrogen-bond acceptors (Lipinski definition) is 17. The van der Waals surface area contributed by atoms with Gasteiger partial charge in [-0.25, -0.2) is 29.0 Å². The maximum Gasteiger partial charge on any atom is 0.420 e. The monoisotopic (exact) mass is 775 g/mol. The van der Waals surface area contributed by atoms with Crippen LogP contribution in [0, 0.1) is 0 Å². The average molecular weight is 776 g/mol. The van der Waals surface area contributed by atoms with Gasteiger partial charge >= 0.3 is 35.7 Å². The number of ether oxygens (including phenoxy) is 10. The van der Waals surface area contributed by atoms with E-state index >= 15 is 0 Å². The second-order valence-electron chi connectivity index (χ2n) is 12.5. The predicted octanol–water partition coefficient (Wildman–Crippen LogP) is 3.17. The third-order valence-corrected chi connectivity index (χ3v) is 9.31. The Morgan fingerprint density at radius 1 is 0.589 bits per heavy atom. The zero-order chi connectivity index (χ0) is 40.0. The highest BCUT2D eigenvalue weighted by Gasteiger charge is 2.74. The summed E-state index contributed by atoms with van der Waals surface area (Å²) in [5, 5.41) is 0. The van der Waals surface area contributed by atoms with E-state index in [2.05, 4.69) is 4.98 Å². The standard InChI is InChI=1S/C39H41N3O14/c1-47-28-19-24(20-29(48-2)36(28)51-5)8-7-15-41-16-17-42(23-25-13-14-40-27(18-25)26-21-30(49-3)37(52-6)31(22-26)50-4)39(55-34(45)11-12-35(46)56-39)38(41)53-32(43)9-10-33(44)54-38/h9-14,18-22H,7-8,15-17,23H2,1-6H3. The molecule has 1 saturated heterocycles. The van der Waals surface area contributed by atoms with Crippen LogP contribution in [0.3, 0.4) is 0 Å². The second-order valence-corrected chi connectivity index (χ2v) is 12.5. The molecule has 0 saturated carbocycles. The van der Waals surface area contributed by atoms with Crippen molar-refractivity contribution in [3.05, 3.63) is 78.0 Å². The summed E-state index contributed by atoms with van der Waals surface area (Å²) >= 11 is 0. The minimum absolute atomic E-state index is 0.0663. The number of nitrogens with zero attached hydrogens (tertiary/aromatic N) is 3. The van der Waals surface area contributed by atoms with Crippen molar-refractivity contribution in [2.24, 2.45) is 0 Å². The van der Waals surface area contributed by atoms with Crippen LogP contribution in [0.25, 0.3) is 11.3 Å². The van der Waals surface area contributed by atoms with E-state index in [0.717, 1.165) is 29.9 Å². The highest BCUT2D eigenvalue weighted by atomic mass is 16.8. The molecule has 0 unspecified atom stereocenters. The summed E-state index contributed by atoms with van der Waals surface area (Å²) in [6.07, 6.45) is 5.88. The molecule has 0 atom stereocenters. The van der Waals surface area contributed by atoms with Crippen LogP contribution in [-0.2, 0) is 51.1 Å². The summed E-state index contributed by atoms with van der Waals surface area (Å²) in [5.41, 5.74) is 2.54. The van der Waals surface area contributed by atoms with Gasteiger partial charge in [0.05, 0.1) is 48.4 Å². The minimum Gasteiger partial charge on any atom is -0.493 e. The Morgan fingerprint density at radius 3 is 1.50 bits per heavy atom. The summed E-state index contributed by atoms with van der Waals surface area (Å²) in [5.74, 6) is -6.74. The first-order valence-corrected chi connectivity index (χ1v) is 17.4. The van der Waals surface area contributed by atoms with Gasteiger partial charge in [0.2, 0.25) is 11.5 Å². The fraction of sp³-hybridized carbons (Fsp3) is 0.359. The molecule has 2 aromatic carbocycles. The van der Waals surface area contributed by atoms with E-state index < -0.39 is 35.7 Å². The van der Waals surface area contributed by atoms with Gasteiger partial charge < -0.3 is 47.4 Å². The number of carbonyl (C=O) groups is 4. The molecule has 0 aliphatic carbocycles. The number of hydrogen-bond donors (Lipinski definition) is 0. The van der Waals surface area contributed by atoms with Crippen LogP contribution in [0.1, 0.15) is 17.5 Å². The molecule has 0 bridgehead atoms. The van der Waals surface area contributed by atoms with Crippen molar-refractivity contribution in [1.82, 2.24) is 14.8 Å². The minimum atomic E-state index is -2.64. The lowest BCUT2D eigenvalue weighted by Crippen LogP contribution is -2.80. The topological polar surface area (TPSA) is 180 Å². The van der Waals surface area contributed by atoms with E-state index in [9.17, 15) is 19.2 Å². The Kier molecular flexibility index (Phi) is 11.7. The number of pyridine rings is 1. The van der Waals surface area contributed by atoms with Crippen LogP contribution in [-0.4, -0.2) is 113 Å². The van der Waals surface area contributed by atoms with Crippen LogP contribution in [0.4, 0.5) is 0 Å². The van der Waals surface area contributed by atoms with E-state index in [1.807, 2.05) is 0 Å². The van der Waals surface area contributed by atoms with Crippen molar-refractivity contribution < 1.29 is 66.5 Å². The molecule has 6 rings (SSSR count). The number of carbonyl (C=O) groups excluding carboxylic acids is 4. The third kappa shape index (κ3) is 7.50. The number of methoxy groups -OCH3 is 6. The van der Waals surface area contributed by atoms with Gasteiger partial charge in [0, 0.05) is 62.2 Å². The third-order valence-electron chi connectivity index (χ3n) is 9.31. The van der Waals surface area contributed by atoms with Gasteiger partial charge in [-0.15, -0.1) is 0 Å². The maximum atomic E-state index is 13.3. The summed E-state index contributed by atoms with van der Waals surface area (Å²) in [7, 11) is 9.03.